The third-order valence-electron chi connectivity index (χ3n) is 9.41. The number of unbranched alkanes of at least 4 members (excludes halogenated alkanes) is 14. The van der Waals surface area contributed by atoms with Gasteiger partial charge in [-0.2, -0.15) is 0 Å². The molecule has 0 spiro atoms. The summed E-state index contributed by atoms with van der Waals surface area (Å²) >= 11 is 0. The molecule has 1 aliphatic rings. The first-order valence-corrected chi connectivity index (χ1v) is 20.1. The fourth-order valence-corrected chi connectivity index (χ4v) is 6.25. The minimum atomic E-state index is -1.05. The molecule has 1 rings (SSSR count). The number of hydrogen-bond acceptors (Lipinski definition) is 9. The summed E-state index contributed by atoms with van der Waals surface area (Å²) in [4.78, 5) is 24.1. The lowest BCUT2D eigenvalue weighted by Crippen LogP contribution is -2.43. The van der Waals surface area contributed by atoms with Crippen molar-refractivity contribution in [2.75, 3.05) is 13.2 Å². The number of carbonyl (C=O) groups excluding carboxylic acids is 2. The van der Waals surface area contributed by atoms with Crippen LogP contribution in [-0.4, -0.2) is 76.3 Å². The van der Waals surface area contributed by atoms with Gasteiger partial charge in [-0.1, -0.05) is 141 Å². The predicted molar refractivity (Wildman–Crippen MR) is 199 cm³/mol. The molecule has 4 N–H and O–H groups in total. The van der Waals surface area contributed by atoms with Crippen molar-refractivity contribution in [2.24, 2.45) is 11.8 Å². The molecule has 0 radical (unpaired) electrons. The highest BCUT2D eigenvalue weighted by Gasteiger charge is 2.35. The van der Waals surface area contributed by atoms with E-state index in [2.05, 4.69) is 20.8 Å². The largest absolute Gasteiger partial charge is 0.463 e. The van der Waals surface area contributed by atoms with E-state index in [0.29, 0.717) is 32.1 Å². The second-order valence-electron chi connectivity index (χ2n) is 14.8. The van der Waals surface area contributed by atoms with Crippen LogP contribution >= 0.6 is 0 Å². The van der Waals surface area contributed by atoms with Gasteiger partial charge in [0.25, 0.3) is 0 Å². The quantitative estimate of drug-likeness (QED) is 0.0318. The average Bonchev–Trinajstić information content (AvgIpc) is 3.07. The van der Waals surface area contributed by atoms with Gasteiger partial charge in [-0.25, -0.2) is 0 Å². The fourth-order valence-electron chi connectivity index (χ4n) is 6.25. The first-order chi connectivity index (χ1) is 24.1. The van der Waals surface area contributed by atoms with E-state index in [9.17, 15) is 30.0 Å². The maximum absolute atomic E-state index is 12.1. The number of aliphatic hydroxyl groups excluding tert-OH is 4. The van der Waals surface area contributed by atoms with Crippen molar-refractivity contribution in [1.82, 2.24) is 0 Å². The highest BCUT2D eigenvalue weighted by Crippen LogP contribution is 2.29. The summed E-state index contributed by atoms with van der Waals surface area (Å²) in [6, 6.07) is 0. The highest BCUT2D eigenvalue weighted by atomic mass is 16.6. The van der Waals surface area contributed by atoms with E-state index in [0.717, 1.165) is 44.4 Å². The molecule has 0 aromatic heterocycles. The number of aliphatic hydroxyl groups is 4. The minimum Gasteiger partial charge on any atom is -0.463 e. The van der Waals surface area contributed by atoms with Gasteiger partial charge >= 0.3 is 11.9 Å². The van der Waals surface area contributed by atoms with Crippen LogP contribution < -0.4 is 0 Å². The Kier molecular flexibility index (Phi) is 28.5. The molecule has 0 aliphatic carbocycles. The summed E-state index contributed by atoms with van der Waals surface area (Å²) in [5, 5.41) is 40.8. The summed E-state index contributed by atoms with van der Waals surface area (Å²) in [6.45, 7) is 6.30. The standard InChI is InChI=1S/C41H74O9/c1-4-5-18-24-34(42)28-29-38-36(37(44)30-41(47)50-38)25-20-16-17-22-27-40(46)49-32-35(43)31-48-39(45)26-21-15-13-11-9-7-6-8-10-12-14-19-23-33(2)3/h16,20,28-29,33-38,41-44,47H,4-15,17-19,21-27,30-32H2,1-3H3/b20-16-,29-28+/t34-,35-,36-,37-,38+,41?/m0/s1. The molecule has 0 amide bonds. The Hall–Kier alpha value is -1.78. The summed E-state index contributed by atoms with van der Waals surface area (Å²) in [5.41, 5.74) is 0. The van der Waals surface area contributed by atoms with Gasteiger partial charge in [0, 0.05) is 25.2 Å². The van der Waals surface area contributed by atoms with Crippen LogP contribution in [0.4, 0.5) is 0 Å². The van der Waals surface area contributed by atoms with Crippen molar-refractivity contribution in [3.8, 4) is 0 Å². The van der Waals surface area contributed by atoms with Gasteiger partial charge in [0.15, 0.2) is 6.29 Å². The molecular weight excluding hydrogens is 636 g/mol. The SMILES string of the molecule is CCCCC[C@H](O)/C=C/[C@H]1OC(O)C[C@H](O)[C@@H]1C/C=C\CCCC(=O)OC[C@@H](O)COC(=O)CCCCCCCCCCCCCCC(C)C. The second-order valence-corrected chi connectivity index (χ2v) is 14.8. The summed E-state index contributed by atoms with van der Waals surface area (Å²) < 4.78 is 15.9. The van der Waals surface area contributed by atoms with E-state index in [1.54, 1.807) is 12.2 Å². The molecule has 1 unspecified atom stereocenters. The molecule has 50 heavy (non-hydrogen) atoms. The summed E-state index contributed by atoms with van der Waals surface area (Å²) in [6.07, 6.45) is 25.7. The van der Waals surface area contributed by atoms with Crippen LogP contribution in [0, 0.1) is 11.8 Å². The maximum Gasteiger partial charge on any atom is 0.305 e. The zero-order chi connectivity index (χ0) is 36.8. The van der Waals surface area contributed by atoms with Crippen LogP contribution in [-0.2, 0) is 23.8 Å². The Bertz CT molecular complexity index is 889. The molecule has 1 aliphatic heterocycles. The molecule has 0 aromatic rings. The molecular formula is C41H74O9. The lowest BCUT2D eigenvalue weighted by molar-refractivity contribution is -0.199. The van der Waals surface area contributed by atoms with Crippen molar-refractivity contribution in [3.05, 3.63) is 24.3 Å². The lowest BCUT2D eigenvalue weighted by atomic mass is 9.87. The van der Waals surface area contributed by atoms with E-state index < -0.39 is 36.7 Å². The Balaban J connectivity index is 2.07. The van der Waals surface area contributed by atoms with Gasteiger partial charge in [0.1, 0.15) is 19.3 Å². The van der Waals surface area contributed by atoms with Crippen LogP contribution in [0.5, 0.6) is 0 Å². The smallest absolute Gasteiger partial charge is 0.305 e. The third-order valence-corrected chi connectivity index (χ3v) is 9.41. The monoisotopic (exact) mass is 711 g/mol. The Morgan fingerprint density at radius 1 is 0.740 bits per heavy atom. The van der Waals surface area contributed by atoms with Crippen LogP contribution in [0.15, 0.2) is 24.3 Å². The number of carbonyl (C=O) groups is 2. The van der Waals surface area contributed by atoms with Crippen molar-refractivity contribution in [1.29, 1.82) is 0 Å². The van der Waals surface area contributed by atoms with E-state index in [1.807, 2.05) is 12.2 Å². The maximum atomic E-state index is 12.1. The Labute approximate surface area is 304 Å². The Morgan fingerprint density at radius 2 is 1.28 bits per heavy atom. The van der Waals surface area contributed by atoms with Crippen LogP contribution in [0.3, 0.4) is 0 Å². The van der Waals surface area contributed by atoms with Crippen LogP contribution in [0.25, 0.3) is 0 Å². The molecule has 9 heteroatoms. The Morgan fingerprint density at radius 3 is 1.86 bits per heavy atom. The molecule has 0 bridgehead atoms. The normalized spacial score (nSPS) is 20.9. The third kappa shape index (κ3) is 26.1. The van der Waals surface area contributed by atoms with E-state index in [4.69, 9.17) is 14.2 Å². The van der Waals surface area contributed by atoms with E-state index in [-0.39, 0.29) is 37.9 Å². The molecule has 292 valence electrons. The van der Waals surface area contributed by atoms with Gasteiger partial charge in [-0.15, -0.1) is 0 Å². The molecule has 1 saturated heterocycles. The summed E-state index contributed by atoms with van der Waals surface area (Å²) in [7, 11) is 0. The van der Waals surface area contributed by atoms with Crippen LogP contribution in [0.1, 0.15) is 168 Å². The van der Waals surface area contributed by atoms with Gasteiger partial charge in [-0.3, -0.25) is 9.59 Å². The summed E-state index contributed by atoms with van der Waals surface area (Å²) in [5.74, 6) is -0.181. The fraction of sp³-hybridized carbons (Fsp3) is 0.854. The van der Waals surface area contributed by atoms with Crippen LogP contribution in [0.2, 0.25) is 0 Å². The molecule has 0 saturated carbocycles. The van der Waals surface area contributed by atoms with E-state index in [1.165, 1.54) is 64.2 Å². The molecule has 0 aromatic carbocycles. The van der Waals surface area contributed by atoms with Crippen molar-refractivity contribution >= 4 is 11.9 Å². The first-order valence-electron chi connectivity index (χ1n) is 20.1. The van der Waals surface area contributed by atoms with E-state index >= 15 is 0 Å². The molecule has 1 fully saturated rings. The van der Waals surface area contributed by atoms with Gasteiger partial charge in [0.2, 0.25) is 0 Å². The zero-order valence-corrected chi connectivity index (χ0v) is 31.9. The van der Waals surface area contributed by atoms with Crippen molar-refractivity contribution < 1.29 is 44.2 Å². The number of ether oxygens (including phenoxy) is 3. The molecule has 6 atom stereocenters. The van der Waals surface area contributed by atoms with Crippen molar-refractivity contribution in [3.63, 3.8) is 0 Å². The van der Waals surface area contributed by atoms with Gasteiger partial charge < -0.3 is 34.6 Å². The number of esters is 2. The lowest BCUT2D eigenvalue weighted by Gasteiger charge is -2.36. The minimum absolute atomic E-state index is 0.137. The number of hydrogen-bond donors (Lipinski definition) is 4. The highest BCUT2D eigenvalue weighted by molar-refractivity contribution is 5.69. The molecule has 9 nitrogen and oxygen atoms in total. The second kappa shape index (κ2) is 30.8. The first kappa shape index (κ1) is 46.2. The predicted octanol–water partition coefficient (Wildman–Crippen LogP) is 8.25. The molecule has 1 heterocycles. The van der Waals surface area contributed by atoms with Gasteiger partial charge in [-0.05, 0) is 38.0 Å². The zero-order valence-electron chi connectivity index (χ0n) is 31.9. The van der Waals surface area contributed by atoms with Crippen molar-refractivity contribution in [2.45, 2.75) is 199 Å². The average molecular weight is 711 g/mol. The number of rotatable bonds is 31. The number of allylic oxidation sites excluding steroid dienone is 2. The van der Waals surface area contributed by atoms with Gasteiger partial charge in [0.05, 0.1) is 18.3 Å². The topological polar surface area (TPSA) is 143 Å².